The Kier molecular flexibility index (Phi) is 15.6. The molecule has 6 heteroatoms. The van der Waals surface area contributed by atoms with E-state index in [1.54, 1.807) is 19.0 Å². The number of carbonyl (C=O) groups excluding carboxylic acids is 1. The number of halogens is 1. The molecule has 21 heavy (non-hydrogen) atoms. The Bertz CT molecular complexity index is 295. The zero-order valence-electron chi connectivity index (χ0n) is 14.2. The molecule has 5 nitrogen and oxygen atoms in total. The molecule has 0 saturated carbocycles. The summed E-state index contributed by atoms with van der Waals surface area (Å²) in [5.41, 5.74) is 0. The largest absolute Gasteiger partial charge is 0.356 e. The maximum Gasteiger partial charge on any atom is 0.243 e. The van der Waals surface area contributed by atoms with E-state index in [0.29, 0.717) is 6.04 Å². The molecule has 2 N–H and O–H groups in total. The van der Waals surface area contributed by atoms with Gasteiger partial charge in [0.25, 0.3) is 0 Å². The van der Waals surface area contributed by atoms with Gasteiger partial charge in [0.1, 0.15) is 6.54 Å². The Morgan fingerprint density at radius 1 is 1.19 bits per heavy atom. The molecule has 0 spiro atoms. The Hall–Kier alpha value is -0.530. The van der Waals surface area contributed by atoms with Crippen molar-refractivity contribution in [3.8, 4) is 0 Å². The molecule has 0 aromatic carbocycles. The van der Waals surface area contributed by atoms with Crippen molar-refractivity contribution in [1.29, 1.82) is 0 Å². The van der Waals surface area contributed by atoms with E-state index < -0.39 is 0 Å². The van der Waals surface area contributed by atoms with Crippen LogP contribution in [-0.4, -0.2) is 50.0 Å². The summed E-state index contributed by atoms with van der Waals surface area (Å²) in [6, 6.07) is 0.353. The van der Waals surface area contributed by atoms with Crippen LogP contribution in [0.1, 0.15) is 52.9 Å². The lowest BCUT2D eigenvalue weighted by atomic mass is 10.2. The monoisotopic (exact) mass is 412 g/mol. The van der Waals surface area contributed by atoms with Gasteiger partial charge < -0.3 is 15.5 Å². The average molecular weight is 412 g/mol. The Morgan fingerprint density at radius 3 is 2.38 bits per heavy atom. The van der Waals surface area contributed by atoms with E-state index in [2.05, 4.69) is 36.4 Å². The van der Waals surface area contributed by atoms with Gasteiger partial charge in [0, 0.05) is 26.7 Å². The number of carbonyl (C=O) groups is 1. The summed E-state index contributed by atoms with van der Waals surface area (Å²) in [7, 11) is 3.50. The second-order valence-corrected chi connectivity index (χ2v) is 5.39. The maximum atomic E-state index is 11.6. The molecule has 1 unspecified atom stereocenters. The van der Waals surface area contributed by atoms with Crippen LogP contribution in [0.4, 0.5) is 0 Å². The van der Waals surface area contributed by atoms with Crippen molar-refractivity contribution in [1.82, 2.24) is 15.5 Å². The van der Waals surface area contributed by atoms with E-state index in [-0.39, 0.29) is 36.4 Å². The fraction of sp³-hybridized carbons (Fsp3) is 0.867. The molecule has 0 bridgehead atoms. The highest BCUT2D eigenvalue weighted by atomic mass is 127. The minimum absolute atomic E-state index is 0. The van der Waals surface area contributed by atoms with Gasteiger partial charge in [-0.05, 0) is 19.8 Å². The number of nitrogens with one attached hydrogen (secondary N) is 2. The van der Waals surface area contributed by atoms with Crippen LogP contribution < -0.4 is 10.6 Å². The number of unbranched alkanes of at least 4 members (excludes halogenated alkanes) is 3. The van der Waals surface area contributed by atoms with Gasteiger partial charge >= 0.3 is 0 Å². The van der Waals surface area contributed by atoms with Gasteiger partial charge in [-0.15, -0.1) is 24.0 Å². The maximum absolute atomic E-state index is 11.6. The lowest BCUT2D eigenvalue weighted by Crippen LogP contribution is -2.43. The summed E-state index contributed by atoms with van der Waals surface area (Å²) < 4.78 is 0. The highest BCUT2D eigenvalue weighted by Gasteiger charge is 2.06. The van der Waals surface area contributed by atoms with E-state index in [4.69, 9.17) is 0 Å². The number of likely N-dealkylation sites (N-methyl/N-ethyl adjacent to an activating group) is 1. The second kappa shape index (κ2) is 14.4. The molecular weight excluding hydrogens is 379 g/mol. The van der Waals surface area contributed by atoms with E-state index >= 15 is 0 Å². The number of aliphatic imine (C=N–C) groups is 1. The Balaban J connectivity index is 0. The van der Waals surface area contributed by atoms with Crippen LogP contribution in [0.15, 0.2) is 4.99 Å². The van der Waals surface area contributed by atoms with Crippen LogP contribution in [0, 0.1) is 0 Å². The third-order valence-corrected chi connectivity index (χ3v) is 3.19. The van der Waals surface area contributed by atoms with Gasteiger partial charge in [-0.25, -0.2) is 4.99 Å². The van der Waals surface area contributed by atoms with Crippen molar-refractivity contribution in [3.63, 3.8) is 0 Å². The SMILES string of the molecule is CCCCCCNC(=NCC(=O)N(C)C)NC(C)CC.I. The van der Waals surface area contributed by atoms with E-state index in [1.165, 1.54) is 19.3 Å². The minimum Gasteiger partial charge on any atom is -0.356 e. The third kappa shape index (κ3) is 12.9. The lowest BCUT2D eigenvalue weighted by Gasteiger charge is -2.17. The molecule has 1 atom stereocenters. The normalized spacial score (nSPS) is 12.3. The van der Waals surface area contributed by atoms with E-state index in [0.717, 1.165) is 25.3 Å². The highest BCUT2D eigenvalue weighted by molar-refractivity contribution is 14.0. The molecule has 0 aliphatic rings. The first-order valence-electron chi connectivity index (χ1n) is 7.76. The van der Waals surface area contributed by atoms with Gasteiger partial charge in [-0.1, -0.05) is 33.1 Å². The van der Waals surface area contributed by atoms with Crippen LogP contribution >= 0.6 is 24.0 Å². The van der Waals surface area contributed by atoms with Gasteiger partial charge in [-0.2, -0.15) is 0 Å². The fourth-order valence-electron chi connectivity index (χ4n) is 1.53. The average Bonchev–Trinajstić information content (AvgIpc) is 2.43. The zero-order valence-corrected chi connectivity index (χ0v) is 16.6. The van der Waals surface area contributed by atoms with Crippen LogP contribution in [0.5, 0.6) is 0 Å². The summed E-state index contributed by atoms with van der Waals surface area (Å²) in [6.45, 7) is 7.54. The van der Waals surface area contributed by atoms with Crippen LogP contribution in [0.2, 0.25) is 0 Å². The first-order valence-corrected chi connectivity index (χ1v) is 7.76. The molecule has 126 valence electrons. The standard InChI is InChI=1S/C15H32N4O.HI/c1-6-8-9-10-11-16-15(18-13(3)7-2)17-12-14(20)19(4)5;/h13H,6-12H2,1-5H3,(H2,16,17,18);1H. The Labute approximate surface area is 147 Å². The lowest BCUT2D eigenvalue weighted by molar-refractivity contribution is -0.127. The first-order chi connectivity index (χ1) is 9.51. The molecule has 0 aromatic rings. The first kappa shape index (κ1) is 22.7. The number of rotatable bonds is 9. The van der Waals surface area contributed by atoms with Crippen molar-refractivity contribution in [2.45, 2.75) is 58.9 Å². The number of guanidine groups is 1. The van der Waals surface area contributed by atoms with Crippen molar-refractivity contribution in [3.05, 3.63) is 0 Å². The topological polar surface area (TPSA) is 56.7 Å². The summed E-state index contributed by atoms with van der Waals surface area (Å²) in [5, 5.41) is 6.63. The minimum atomic E-state index is 0. The summed E-state index contributed by atoms with van der Waals surface area (Å²) >= 11 is 0. The van der Waals surface area contributed by atoms with Crippen molar-refractivity contribution in [2.75, 3.05) is 27.2 Å². The van der Waals surface area contributed by atoms with Gasteiger partial charge in [0.15, 0.2) is 5.96 Å². The van der Waals surface area contributed by atoms with Crippen LogP contribution in [0.3, 0.4) is 0 Å². The molecule has 0 radical (unpaired) electrons. The van der Waals surface area contributed by atoms with Crippen LogP contribution in [-0.2, 0) is 4.79 Å². The molecule has 1 amide bonds. The number of nitrogens with zero attached hydrogens (tertiary/aromatic N) is 2. The van der Waals surface area contributed by atoms with Gasteiger partial charge in [-0.3, -0.25) is 4.79 Å². The molecule has 0 aliphatic carbocycles. The molecule has 0 fully saturated rings. The van der Waals surface area contributed by atoms with Crippen molar-refractivity contribution >= 4 is 35.8 Å². The summed E-state index contributed by atoms with van der Waals surface area (Å²) in [5.74, 6) is 0.757. The molecule has 0 rings (SSSR count). The van der Waals surface area contributed by atoms with Crippen molar-refractivity contribution in [2.24, 2.45) is 4.99 Å². The molecular formula is C15H33IN4O. The van der Waals surface area contributed by atoms with E-state index in [1.807, 2.05) is 0 Å². The smallest absolute Gasteiger partial charge is 0.243 e. The predicted molar refractivity (Wildman–Crippen MR) is 101 cm³/mol. The zero-order chi connectivity index (χ0) is 15.4. The Morgan fingerprint density at radius 2 is 1.86 bits per heavy atom. The third-order valence-electron chi connectivity index (χ3n) is 3.19. The van der Waals surface area contributed by atoms with E-state index in [9.17, 15) is 4.79 Å². The highest BCUT2D eigenvalue weighted by Crippen LogP contribution is 1.97. The quantitative estimate of drug-likeness (QED) is 0.265. The molecule has 0 saturated heterocycles. The van der Waals surface area contributed by atoms with Gasteiger partial charge in [0.2, 0.25) is 5.91 Å². The number of amides is 1. The predicted octanol–water partition coefficient (Wildman–Crippen LogP) is 2.61. The van der Waals surface area contributed by atoms with Crippen molar-refractivity contribution < 1.29 is 4.79 Å². The fourth-order valence-corrected chi connectivity index (χ4v) is 1.53. The molecule has 0 aromatic heterocycles. The van der Waals surface area contributed by atoms with Gasteiger partial charge in [0.05, 0.1) is 0 Å². The second-order valence-electron chi connectivity index (χ2n) is 5.39. The molecule has 0 aliphatic heterocycles. The number of hydrogen-bond acceptors (Lipinski definition) is 2. The molecule has 0 heterocycles. The summed E-state index contributed by atoms with van der Waals surface area (Å²) in [4.78, 5) is 17.5. The number of hydrogen-bond donors (Lipinski definition) is 2. The summed E-state index contributed by atoms with van der Waals surface area (Å²) in [6.07, 6.45) is 5.90. The van der Waals surface area contributed by atoms with Crippen LogP contribution in [0.25, 0.3) is 0 Å².